The number of nitrogens with one attached hydrogen (secondary N) is 1. The highest BCUT2D eigenvalue weighted by molar-refractivity contribution is 5.30. The Morgan fingerprint density at radius 3 is 2.63 bits per heavy atom. The van der Waals surface area contributed by atoms with Crippen LogP contribution in [-0.4, -0.2) is 29.9 Å². The molecule has 0 amide bonds. The fourth-order valence-electron chi connectivity index (χ4n) is 3.59. The smallest absolute Gasteiger partial charge is 0.127 e. The van der Waals surface area contributed by atoms with E-state index in [1.807, 2.05) is 6.07 Å². The maximum atomic E-state index is 13.5. The molecule has 2 heterocycles. The van der Waals surface area contributed by atoms with Gasteiger partial charge in [0.05, 0.1) is 12.7 Å². The third-order valence-electron chi connectivity index (χ3n) is 4.29. The molecule has 104 valence electrons. The van der Waals surface area contributed by atoms with Gasteiger partial charge in [-0.15, -0.1) is 0 Å². The zero-order valence-electron chi connectivity index (χ0n) is 11.2. The van der Waals surface area contributed by atoms with Crippen molar-refractivity contribution in [2.24, 2.45) is 0 Å². The molecule has 2 atom stereocenters. The Balaban J connectivity index is 1.78. The molecular weight excluding hydrogens is 245 g/mol. The number of ether oxygens (including phenoxy) is 1. The van der Waals surface area contributed by atoms with Crippen LogP contribution in [0.5, 0.6) is 5.75 Å². The Kier molecular flexibility index (Phi) is 3.23. The quantitative estimate of drug-likeness (QED) is 0.878. The average molecular weight is 265 g/mol. The minimum atomic E-state index is -0.712. The highest BCUT2D eigenvalue weighted by atomic mass is 19.1. The average Bonchev–Trinajstić information content (AvgIpc) is 2.68. The molecule has 2 aliphatic rings. The lowest BCUT2D eigenvalue weighted by Crippen LogP contribution is -2.49. The maximum absolute atomic E-state index is 13.5. The lowest BCUT2D eigenvalue weighted by Gasteiger charge is -2.37. The molecule has 0 aliphatic carbocycles. The van der Waals surface area contributed by atoms with E-state index in [-0.39, 0.29) is 5.82 Å². The van der Waals surface area contributed by atoms with E-state index in [0.717, 1.165) is 31.2 Å². The minimum absolute atomic E-state index is 0.310. The van der Waals surface area contributed by atoms with Gasteiger partial charge in [-0.05, 0) is 43.4 Å². The van der Waals surface area contributed by atoms with Gasteiger partial charge < -0.3 is 15.2 Å². The number of fused-ring (bicyclic) bond motifs is 2. The van der Waals surface area contributed by atoms with Crippen LogP contribution in [0.15, 0.2) is 18.2 Å². The van der Waals surface area contributed by atoms with Crippen molar-refractivity contribution in [3.8, 4) is 5.75 Å². The highest BCUT2D eigenvalue weighted by Gasteiger charge is 2.42. The number of benzene rings is 1. The number of rotatable bonds is 3. The standard InChI is InChI=1S/C15H20FNO2/c1-19-14-5-10(4-11(16)6-14)7-15(18)8-12-2-3-13(9-15)17-12/h4-6,12-13,17-18H,2-3,7-9H2,1H3. The Hall–Kier alpha value is -1.13. The Labute approximate surface area is 112 Å². The molecule has 0 saturated carbocycles. The topological polar surface area (TPSA) is 41.5 Å². The molecule has 2 saturated heterocycles. The van der Waals surface area contributed by atoms with Crippen molar-refractivity contribution in [1.29, 1.82) is 0 Å². The molecule has 0 aromatic heterocycles. The van der Waals surface area contributed by atoms with Gasteiger partial charge in [0.25, 0.3) is 0 Å². The SMILES string of the molecule is COc1cc(F)cc(CC2(O)CC3CCC(C2)N3)c1. The number of hydrogen-bond acceptors (Lipinski definition) is 3. The summed E-state index contributed by atoms with van der Waals surface area (Å²) in [7, 11) is 1.53. The predicted molar refractivity (Wildman–Crippen MR) is 70.8 cm³/mol. The van der Waals surface area contributed by atoms with Gasteiger partial charge in [-0.3, -0.25) is 0 Å². The van der Waals surface area contributed by atoms with Crippen molar-refractivity contribution in [3.63, 3.8) is 0 Å². The second-order valence-electron chi connectivity index (χ2n) is 5.95. The number of methoxy groups -OCH3 is 1. The van der Waals surface area contributed by atoms with Crippen LogP contribution in [-0.2, 0) is 6.42 Å². The maximum Gasteiger partial charge on any atom is 0.127 e. The number of hydrogen-bond donors (Lipinski definition) is 2. The summed E-state index contributed by atoms with van der Waals surface area (Å²) in [6, 6.07) is 5.49. The first-order valence-corrected chi connectivity index (χ1v) is 6.88. The molecule has 1 aromatic carbocycles. The van der Waals surface area contributed by atoms with Crippen molar-refractivity contribution in [2.75, 3.05) is 7.11 Å². The third kappa shape index (κ3) is 2.74. The summed E-state index contributed by atoms with van der Waals surface area (Å²) in [4.78, 5) is 0. The Morgan fingerprint density at radius 2 is 2.00 bits per heavy atom. The molecule has 3 rings (SSSR count). The molecule has 19 heavy (non-hydrogen) atoms. The van der Waals surface area contributed by atoms with E-state index in [4.69, 9.17) is 4.74 Å². The molecule has 2 bridgehead atoms. The summed E-state index contributed by atoms with van der Waals surface area (Å²) in [6.45, 7) is 0. The van der Waals surface area contributed by atoms with E-state index in [9.17, 15) is 9.50 Å². The van der Waals surface area contributed by atoms with E-state index in [2.05, 4.69) is 5.32 Å². The van der Waals surface area contributed by atoms with Crippen LogP contribution in [0, 0.1) is 5.82 Å². The molecule has 0 spiro atoms. The molecule has 1 aromatic rings. The van der Waals surface area contributed by atoms with Crippen LogP contribution in [0.1, 0.15) is 31.2 Å². The van der Waals surface area contributed by atoms with E-state index in [1.54, 1.807) is 0 Å². The summed E-state index contributed by atoms with van der Waals surface area (Å²) < 4.78 is 18.6. The van der Waals surface area contributed by atoms with Crippen molar-refractivity contribution in [1.82, 2.24) is 5.32 Å². The molecule has 2 unspecified atom stereocenters. The first-order chi connectivity index (χ1) is 9.06. The first kappa shape index (κ1) is 12.9. The lowest BCUT2D eigenvalue weighted by atomic mass is 9.82. The highest BCUT2D eigenvalue weighted by Crippen LogP contribution is 2.36. The second kappa shape index (κ2) is 4.76. The van der Waals surface area contributed by atoms with Gasteiger partial charge in [0.1, 0.15) is 11.6 Å². The summed E-state index contributed by atoms with van der Waals surface area (Å²) >= 11 is 0. The van der Waals surface area contributed by atoms with Crippen LogP contribution >= 0.6 is 0 Å². The van der Waals surface area contributed by atoms with Crippen LogP contribution in [0.3, 0.4) is 0 Å². The largest absolute Gasteiger partial charge is 0.497 e. The first-order valence-electron chi connectivity index (χ1n) is 6.88. The Morgan fingerprint density at radius 1 is 1.32 bits per heavy atom. The predicted octanol–water partition coefficient (Wildman–Crippen LogP) is 2.02. The fourth-order valence-corrected chi connectivity index (χ4v) is 3.59. The summed E-state index contributed by atoms with van der Waals surface area (Å²) in [6.07, 6.45) is 4.28. The van der Waals surface area contributed by atoms with Gasteiger partial charge in [-0.1, -0.05) is 0 Å². The zero-order chi connectivity index (χ0) is 13.5. The van der Waals surface area contributed by atoms with Crippen molar-refractivity contribution in [2.45, 2.75) is 49.8 Å². The van der Waals surface area contributed by atoms with Gasteiger partial charge in [0, 0.05) is 24.6 Å². The van der Waals surface area contributed by atoms with E-state index < -0.39 is 5.60 Å². The monoisotopic (exact) mass is 265 g/mol. The van der Waals surface area contributed by atoms with Gasteiger partial charge in [-0.25, -0.2) is 4.39 Å². The van der Waals surface area contributed by atoms with Gasteiger partial charge in [0.15, 0.2) is 0 Å². The fraction of sp³-hybridized carbons (Fsp3) is 0.600. The van der Waals surface area contributed by atoms with E-state index in [0.29, 0.717) is 24.3 Å². The summed E-state index contributed by atoms with van der Waals surface area (Å²) in [5.41, 5.74) is 0.0937. The van der Waals surface area contributed by atoms with Gasteiger partial charge in [-0.2, -0.15) is 0 Å². The molecule has 4 heteroatoms. The normalized spacial score (nSPS) is 33.4. The van der Waals surface area contributed by atoms with Crippen LogP contribution in [0.2, 0.25) is 0 Å². The third-order valence-corrected chi connectivity index (χ3v) is 4.29. The number of aliphatic hydroxyl groups is 1. The van der Waals surface area contributed by atoms with Crippen LogP contribution in [0.25, 0.3) is 0 Å². The van der Waals surface area contributed by atoms with Crippen LogP contribution < -0.4 is 10.1 Å². The van der Waals surface area contributed by atoms with E-state index in [1.165, 1.54) is 19.2 Å². The van der Waals surface area contributed by atoms with Crippen molar-refractivity contribution < 1.29 is 14.2 Å². The van der Waals surface area contributed by atoms with E-state index >= 15 is 0 Å². The molecule has 2 N–H and O–H groups in total. The van der Waals surface area contributed by atoms with Crippen molar-refractivity contribution in [3.05, 3.63) is 29.6 Å². The van der Waals surface area contributed by atoms with Crippen molar-refractivity contribution >= 4 is 0 Å². The minimum Gasteiger partial charge on any atom is -0.497 e. The van der Waals surface area contributed by atoms with Crippen LogP contribution in [0.4, 0.5) is 4.39 Å². The zero-order valence-corrected chi connectivity index (χ0v) is 11.2. The lowest BCUT2D eigenvalue weighted by molar-refractivity contribution is -0.00614. The van der Waals surface area contributed by atoms with Gasteiger partial charge in [0.2, 0.25) is 0 Å². The molecule has 2 aliphatic heterocycles. The molecule has 0 radical (unpaired) electrons. The molecule has 3 nitrogen and oxygen atoms in total. The number of piperidine rings is 1. The summed E-state index contributed by atoms with van der Waals surface area (Å²) in [5.74, 6) is 0.199. The molecule has 2 fully saturated rings. The summed E-state index contributed by atoms with van der Waals surface area (Å²) in [5, 5.41) is 14.3. The second-order valence-corrected chi connectivity index (χ2v) is 5.95. The Bertz CT molecular complexity index is 465. The van der Waals surface area contributed by atoms with Gasteiger partial charge >= 0.3 is 0 Å². The number of halogens is 1. The molecular formula is C15H20FNO2.